The summed E-state index contributed by atoms with van der Waals surface area (Å²) in [5.74, 6) is 2.05. The Hall–Kier alpha value is -0.340. The Morgan fingerprint density at radius 1 is 0.562 bits per heavy atom. The summed E-state index contributed by atoms with van der Waals surface area (Å²) in [6.07, 6.45) is 28.8. The van der Waals surface area contributed by atoms with E-state index in [-0.39, 0.29) is 0 Å². The molecule has 182 valence electrons. The Bertz CT molecular complexity index is 685. The Morgan fingerprint density at radius 3 is 1.62 bits per heavy atom. The average Bonchev–Trinajstić information content (AvgIpc) is 3.36. The second-order valence-corrected chi connectivity index (χ2v) is 13.0. The van der Waals surface area contributed by atoms with Gasteiger partial charge >= 0.3 is 0 Å². The fourth-order valence-corrected chi connectivity index (χ4v) is 8.14. The van der Waals surface area contributed by atoms with Crippen molar-refractivity contribution in [1.82, 2.24) is 0 Å². The van der Waals surface area contributed by atoms with Gasteiger partial charge in [0.05, 0.1) is 0 Å². The van der Waals surface area contributed by atoms with Crippen molar-refractivity contribution in [2.45, 2.75) is 142 Å². The molecule has 2 heterocycles. The van der Waals surface area contributed by atoms with Crippen LogP contribution in [0, 0.1) is 11.8 Å². The molecule has 0 amide bonds. The fraction of sp³-hybridized carbons (Fsp3) is 0.800. The summed E-state index contributed by atoms with van der Waals surface area (Å²) in [5, 5.41) is 0. The number of rotatable bonds is 17. The van der Waals surface area contributed by atoms with E-state index in [0.29, 0.717) is 0 Å². The number of fused-ring (bicyclic) bond motifs is 1. The molecule has 1 saturated carbocycles. The summed E-state index contributed by atoms with van der Waals surface area (Å²) in [5.41, 5.74) is 0. The molecule has 32 heavy (non-hydrogen) atoms. The Kier molecular flexibility index (Phi) is 12.8. The lowest BCUT2D eigenvalue weighted by Gasteiger charge is -2.28. The van der Waals surface area contributed by atoms with Gasteiger partial charge in [0.25, 0.3) is 0 Å². The third-order valence-electron chi connectivity index (χ3n) is 7.82. The highest BCUT2D eigenvalue weighted by molar-refractivity contribution is 7.27. The normalized spacial score (nSPS) is 19.2. The quantitative estimate of drug-likeness (QED) is 0.200. The standard InChI is InChI=1S/C30H50S2/c1-3-5-7-9-10-12-13-15-25-17-19-26(20-18-25)21-22-28-24-30-29(32-28)23-27(31-30)16-14-11-8-6-4-2/h23-26H,3-22H2,1-2H3. The molecule has 0 aromatic carbocycles. The predicted octanol–water partition coefficient (Wildman–Crippen LogP) is 11.4. The van der Waals surface area contributed by atoms with Crippen molar-refractivity contribution in [2.24, 2.45) is 11.8 Å². The van der Waals surface area contributed by atoms with E-state index in [0.717, 1.165) is 11.8 Å². The van der Waals surface area contributed by atoms with Gasteiger partial charge in [-0.05, 0) is 49.7 Å². The van der Waals surface area contributed by atoms with Gasteiger partial charge in [0.15, 0.2) is 0 Å². The zero-order valence-electron chi connectivity index (χ0n) is 21.3. The van der Waals surface area contributed by atoms with E-state index in [9.17, 15) is 0 Å². The second-order valence-electron chi connectivity index (χ2n) is 10.7. The molecule has 0 aliphatic heterocycles. The Morgan fingerprint density at radius 2 is 1.03 bits per heavy atom. The van der Waals surface area contributed by atoms with E-state index < -0.39 is 0 Å². The van der Waals surface area contributed by atoms with E-state index in [2.05, 4.69) is 48.7 Å². The van der Waals surface area contributed by atoms with Crippen LogP contribution in [0.3, 0.4) is 0 Å². The lowest BCUT2D eigenvalue weighted by Crippen LogP contribution is -2.15. The summed E-state index contributed by atoms with van der Waals surface area (Å²) in [4.78, 5) is 3.26. The van der Waals surface area contributed by atoms with Crippen molar-refractivity contribution in [3.8, 4) is 0 Å². The van der Waals surface area contributed by atoms with Crippen LogP contribution in [0.25, 0.3) is 9.40 Å². The summed E-state index contributed by atoms with van der Waals surface area (Å²) in [6, 6.07) is 5.03. The van der Waals surface area contributed by atoms with Gasteiger partial charge in [-0.3, -0.25) is 0 Å². The van der Waals surface area contributed by atoms with Gasteiger partial charge in [0.1, 0.15) is 0 Å². The molecule has 2 aromatic heterocycles. The van der Waals surface area contributed by atoms with Crippen LogP contribution in [-0.4, -0.2) is 0 Å². The molecule has 1 aliphatic rings. The molecule has 0 bridgehead atoms. The van der Waals surface area contributed by atoms with Gasteiger partial charge in [-0.2, -0.15) is 0 Å². The van der Waals surface area contributed by atoms with Crippen LogP contribution in [0.1, 0.15) is 139 Å². The van der Waals surface area contributed by atoms with Gasteiger partial charge in [-0.15, -0.1) is 22.7 Å². The maximum Gasteiger partial charge on any atom is 0.0456 e. The van der Waals surface area contributed by atoms with E-state index in [1.807, 2.05) is 0 Å². The van der Waals surface area contributed by atoms with Crippen LogP contribution in [-0.2, 0) is 12.8 Å². The lowest BCUT2D eigenvalue weighted by molar-refractivity contribution is 0.249. The van der Waals surface area contributed by atoms with Crippen LogP contribution in [0.2, 0.25) is 0 Å². The third kappa shape index (κ3) is 9.49. The number of thiophene rings is 2. The summed E-state index contributed by atoms with van der Waals surface area (Å²) in [7, 11) is 0. The minimum Gasteiger partial charge on any atom is -0.139 e. The molecular formula is C30H50S2. The highest BCUT2D eigenvalue weighted by Gasteiger charge is 2.21. The topological polar surface area (TPSA) is 0 Å². The largest absolute Gasteiger partial charge is 0.139 e. The molecule has 0 saturated heterocycles. The fourth-order valence-electron chi connectivity index (χ4n) is 5.63. The van der Waals surface area contributed by atoms with Crippen LogP contribution >= 0.6 is 22.7 Å². The highest BCUT2D eigenvalue weighted by Crippen LogP contribution is 2.37. The minimum absolute atomic E-state index is 0.999. The Balaban J connectivity index is 1.26. The summed E-state index contributed by atoms with van der Waals surface area (Å²) in [6.45, 7) is 4.61. The highest BCUT2D eigenvalue weighted by atomic mass is 32.1. The van der Waals surface area contributed by atoms with Gasteiger partial charge in [-0.25, -0.2) is 0 Å². The van der Waals surface area contributed by atoms with Gasteiger partial charge in [0.2, 0.25) is 0 Å². The summed E-state index contributed by atoms with van der Waals surface area (Å²) < 4.78 is 3.12. The minimum atomic E-state index is 0.999. The molecule has 1 aliphatic carbocycles. The first kappa shape index (κ1) is 26.3. The van der Waals surface area contributed by atoms with E-state index in [1.165, 1.54) is 128 Å². The Labute approximate surface area is 207 Å². The monoisotopic (exact) mass is 474 g/mol. The van der Waals surface area contributed by atoms with Gasteiger partial charge < -0.3 is 0 Å². The lowest BCUT2D eigenvalue weighted by atomic mass is 9.78. The zero-order chi connectivity index (χ0) is 22.4. The molecule has 0 radical (unpaired) electrons. The number of hydrogen-bond acceptors (Lipinski definition) is 2. The van der Waals surface area contributed by atoms with Gasteiger partial charge in [-0.1, -0.05) is 117 Å². The van der Waals surface area contributed by atoms with E-state index in [4.69, 9.17) is 0 Å². The number of unbranched alkanes of at least 4 members (excludes halogenated alkanes) is 10. The zero-order valence-corrected chi connectivity index (χ0v) is 22.9. The SMILES string of the molecule is CCCCCCCCCC1CCC(CCc2cc3sc(CCCCCCC)cc3s2)CC1. The third-order valence-corrected chi connectivity index (χ3v) is 10.2. The molecular weight excluding hydrogens is 424 g/mol. The van der Waals surface area contributed by atoms with E-state index >= 15 is 0 Å². The maximum atomic E-state index is 2.53. The van der Waals surface area contributed by atoms with E-state index in [1.54, 1.807) is 19.2 Å². The second kappa shape index (κ2) is 15.5. The molecule has 0 N–H and O–H groups in total. The van der Waals surface area contributed by atoms with Crippen molar-refractivity contribution in [3.63, 3.8) is 0 Å². The van der Waals surface area contributed by atoms with Crippen LogP contribution in [0.5, 0.6) is 0 Å². The average molecular weight is 475 g/mol. The summed E-state index contributed by atoms with van der Waals surface area (Å²) >= 11 is 4.15. The molecule has 1 fully saturated rings. The molecule has 2 heteroatoms. The van der Waals surface area contributed by atoms with Crippen LogP contribution in [0.15, 0.2) is 12.1 Å². The number of aryl methyl sites for hydroxylation is 2. The van der Waals surface area contributed by atoms with Crippen molar-refractivity contribution in [1.29, 1.82) is 0 Å². The molecule has 3 rings (SSSR count). The van der Waals surface area contributed by atoms with Crippen LogP contribution in [0.4, 0.5) is 0 Å². The van der Waals surface area contributed by atoms with Crippen molar-refractivity contribution >= 4 is 32.1 Å². The van der Waals surface area contributed by atoms with Crippen LogP contribution < -0.4 is 0 Å². The van der Waals surface area contributed by atoms with Gasteiger partial charge in [0, 0.05) is 19.2 Å². The van der Waals surface area contributed by atoms with Crippen molar-refractivity contribution < 1.29 is 0 Å². The smallest absolute Gasteiger partial charge is 0.0456 e. The first-order valence-corrected chi connectivity index (χ1v) is 15.9. The molecule has 0 unspecified atom stereocenters. The number of hydrogen-bond donors (Lipinski definition) is 0. The maximum absolute atomic E-state index is 2.53. The molecule has 0 atom stereocenters. The molecule has 2 aromatic rings. The molecule has 0 spiro atoms. The predicted molar refractivity (Wildman–Crippen MR) is 149 cm³/mol. The molecule has 0 nitrogen and oxygen atoms in total. The van der Waals surface area contributed by atoms with Crippen molar-refractivity contribution in [3.05, 3.63) is 21.9 Å². The first-order chi connectivity index (χ1) is 15.8. The first-order valence-electron chi connectivity index (χ1n) is 14.3. The van der Waals surface area contributed by atoms with Crippen molar-refractivity contribution in [2.75, 3.05) is 0 Å².